The van der Waals surface area contributed by atoms with Crippen molar-refractivity contribution in [2.45, 2.75) is 104 Å². The molecule has 156 valence electrons. The summed E-state index contributed by atoms with van der Waals surface area (Å²) in [6.45, 7) is 16.5. The molecule has 1 aliphatic rings. The minimum Gasteiger partial charge on any atom is -0.511 e. The van der Waals surface area contributed by atoms with E-state index in [1.165, 1.54) is 0 Å². The molecular formula is C21H39NO4Si. The van der Waals surface area contributed by atoms with E-state index in [9.17, 15) is 14.7 Å². The number of Topliss-reactive ketones (excluding diaryl/α,β-unsaturated/α-hetero) is 1. The average Bonchev–Trinajstić information content (AvgIpc) is 2.84. The third-order valence-electron chi connectivity index (χ3n) is 6.01. The third kappa shape index (κ3) is 5.91. The van der Waals surface area contributed by atoms with Gasteiger partial charge in [0.05, 0.1) is 6.10 Å². The quantitative estimate of drug-likeness (QED) is 0.191. The van der Waals surface area contributed by atoms with Gasteiger partial charge in [-0.15, -0.1) is 0 Å². The van der Waals surface area contributed by atoms with Crippen LogP contribution in [-0.4, -0.2) is 37.3 Å². The molecule has 5 nitrogen and oxygen atoms in total. The van der Waals surface area contributed by atoms with Gasteiger partial charge in [-0.1, -0.05) is 60.3 Å². The van der Waals surface area contributed by atoms with Crippen LogP contribution in [0.5, 0.6) is 0 Å². The number of amides is 1. The standard InChI is InChI=1S/C21H39NO4Si/c1-9-10-11-12-13-14(2)18(23)16-19(24)17(22-20(16)25)15(3)26-27(7,8)21(4,5)6/h14-15,17,23H,9-13H2,1-8H3,(H,22,25)/b18-16-/t14-,15-,17+/m1/s1. The summed E-state index contributed by atoms with van der Waals surface area (Å²) in [5.41, 5.74) is -0.0753. The van der Waals surface area contributed by atoms with E-state index in [1.807, 2.05) is 13.8 Å². The number of hydrogen-bond acceptors (Lipinski definition) is 4. The zero-order valence-corrected chi connectivity index (χ0v) is 19.4. The zero-order valence-electron chi connectivity index (χ0n) is 18.4. The van der Waals surface area contributed by atoms with Gasteiger partial charge in [-0.3, -0.25) is 9.59 Å². The van der Waals surface area contributed by atoms with Gasteiger partial charge in [0.2, 0.25) is 0 Å². The Morgan fingerprint density at radius 3 is 2.30 bits per heavy atom. The fourth-order valence-electron chi connectivity index (χ4n) is 3.09. The maximum Gasteiger partial charge on any atom is 0.259 e. The molecule has 6 heteroatoms. The molecule has 0 aliphatic carbocycles. The van der Waals surface area contributed by atoms with Crippen molar-refractivity contribution in [1.82, 2.24) is 5.32 Å². The molecule has 0 aromatic carbocycles. The van der Waals surface area contributed by atoms with E-state index in [2.05, 4.69) is 46.1 Å². The van der Waals surface area contributed by atoms with Crippen LogP contribution >= 0.6 is 0 Å². The van der Waals surface area contributed by atoms with Crippen molar-refractivity contribution in [3.63, 3.8) is 0 Å². The first-order valence-corrected chi connectivity index (χ1v) is 13.2. The Balaban J connectivity index is 2.87. The number of aliphatic hydroxyl groups excluding tert-OH is 1. The molecule has 0 saturated carbocycles. The van der Waals surface area contributed by atoms with Crippen LogP contribution < -0.4 is 5.32 Å². The smallest absolute Gasteiger partial charge is 0.259 e. The Labute approximate surface area is 166 Å². The highest BCUT2D eigenvalue weighted by Gasteiger charge is 2.46. The van der Waals surface area contributed by atoms with Crippen molar-refractivity contribution in [2.75, 3.05) is 0 Å². The summed E-state index contributed by atoms with van der Waals surface area (Å²) in [4.78, 5) is 25.2. The minimum absolute atomic E-state index is 0.0146. The second kappa shape index (κ2) is 9.37. The van der Waals surface area contributed by atoms with Crippen LogP contribution in [0.4, 0.5) is 0 Å². The summed E-state index contributed by atoms with van der Waals surface area (Å²) in [5, 5.41) is 13.3. The third-order valence-corrected chi connectivity index (χ3v) is 10.6. The van der Waals surface area contributed by atoms with Crippen LogP contribution in [0.15, 0.2) is 11.3 Å². The highest BCUT2D eigenvalue weighted by atomic mass is 28.4. The van der Waals surface area contributed by atoms with Gasteiger partial charge in [0.15, 0.2) is 14.1 Å². The number of unbranched alkanes of at least 4 members (excludes halogenated alkanes) is 3. The Morgan fingerprint density at radius 2 is 1.78 bits per heavy atom. The van der Waals surface area contributed by atoms with Gasteiger partial charge in [0.1, 0.15) is 17.4 Å². The Morgan fingerprint density at radius 1 is 1.19 bits per heavy atom. The minimum atomic E-state index is -2.07. The van der Waals surface area contributed by atoms with Crippen molar-refractivity contribution in [3.8, 4) is 0 Å². The monoisotopic (exact) mass is 397 g/mol. The summed E-state index contributed by atoms with van der Waals surface area (Å²) in [7, 11) is -2.07. The van der Waals surface area contributed by atoms with Gasteiger partial charge >= 0.3 is 0 Å². The molecule has 1 heterocycles. The van der Waals surface area contributed by atoms with E-state index < -0.39 is 26.4 Å². The van der Waals surface area contributed by atoms with E-state index in [-0.39, 0.29) is 28.1 Å². The molecule has 1 aliphatic heterocycles. The number of hydrogen-bond donors (Lipinski definition) is 2. The number of nitrogens with one attached hydrogen (secondary N) is 1. The predicted octanol–water partition coefficient (Wildman–Crippen LogP) is 4.88. The number of rotatable bonds is 9. The lowest BCUT2D eigenvalue weighted by Crippen LogP contribution is -2.50. The molecule has 27 heavy (non-hydrogen) atoms. The average molecular weight is 398 g/mol. The van der Waals surface area contributed by atoms with Crippen molar-refractivity contribution in [1.29, 1.82) is 0 Å². The summed E-state index contributed by atoms with van der Waals surface area (Å²) < 4.78 is 6.28. The molecule has 1 fully saturated rings. The van der Waals surface area contributed by atoms with Crippen LogP contribution in [0.25, 0.3) is 0 Å². The molecule has 0 spiro atoms. The first-order chi connectivity index (χ1) is 12.3. The van der Waals surface area contributed by atoms with Gasteiger partial charge in [0, 0.05) is 5.92 Å². The Hall–Kier alpha value is -1.14. The number of aliphatic hydroxyl groups is 1. The first kappa shape index (κ1) is 23.9. The van der Waals surface area contributed by atoms with E-state index in [4.69, 9.17) is 4.43 Å². The van der Waals surface area contributed by atoms with Crippen LogP contribution in [-0.2, 0) is 14.0 Å². The highest BCUT2D eigenvalue weighted by Crippen LogP contribution is 2.38. The van der Waals surface area contributed by atoms with E-state index in [1.54, 1.807) is 0 Å². The largest absolute Gasteiger partial charge is 0.511 e. The van der Waals surface area contributed by atoms with Crippen molar-refractivity contribution in [2.24, 2.45) is 5.92 Å². The lowest BCUT2D eigenvalue weighted by atomic mass is 9.95. The maximum atomic E-state index is 12.8. The number of allylic oxidation sites excluding steroid dienone is 1. The highest BCUT2D eigenvalue weighted by molar-refractivity contribution is 6.74. The van der Waals surface area contributed by atoms with Gasteiger partial charge in [-0.25, -0.2) is 0 Å². The van der Waals surface area contributed by atoms with Gasteiger partial charge < -0.3 is 14.8 Å². The van der Waals surface area contributed by atoms with E-state index in [0.29, 0.717) is 0 Å². The molecule has 1 amide bonds. The second-order valence-electron chi connectivity index (χ2n) is 9.41. The second-order valence-corrected chi connectivity index (χ2v) is 14.2. The molecule has 3 atom stereocenters. The van der Waals surface area contributed by atoms with E-state index in [0.717, 1.165) is 32.1 Å². The van der Waals surface area contributed by atoms with Crippen molar-refractivity contribution >= 4 is 20.0 Å². The zero-order chi connectivity index (χ0) is 21.0. The SMILES string of the molecule is CCCCCC[C@@H](C)/C(O)=C1/C(=O)N[C@@H]([C@@H](C)O[Si](C)(C)C(C)(C)C)C1=O. The van der Waals surface area contributed by atoms with E-state index >= 15 is 0 Å². The number of carbonyl (C=O) groups excluding carboxylic acids is 2. The lowest BCUT2D eigenvalue weighted by molar-refractivity contribution is -0.118. The predicted molar refractivity (Wildman–Crippen MR) is 112 cm³/mol. The van der Waals surface area contributed by atoms with Gasteiger partial charge in [0.25, 0.3) is 5.91 Å². The van der Waals surface area contributed by atoms with Crippen LogP contribution in [0.3, 0.4) is 0 Å². The molecule has 0 unspecified atom stereocenters. The van der Waals surface area contributed by atoms with Crippen LogP contribution in [0, 0.1) is 5.92 Å². The molecule has 0 aromatic heterocycles. The number of ketones is 1. The molecule has 0 aromatic rings. The Kier molecular flexibility index (Phi) is 8.29. The topological polar surface area (TPSA) is 75.6 Å². The lowest BCUT2D eigenvalue weighted by Gasteiger charge is -2.39. The normalized spacial score (nSPS) is 22.6. The maximum absolute atomic E-state index is 12.8. The molecule has 2 N–H and O–H groups in total. The fraction of sp³-hybridized carbons (Fsp3) is 0.810. The molecule has 0 bridgehead atoms. The van der Waals surface area contributed by atoms with Crippen LogP contribution in [0.2, 0.25) is 18.1 Å². The Bertz CT molecular complexity index is 577. The summed E-state index contributed by atoms with van der Waals surface area (Å²) >= 11 is 0. The van der Waals surface area contributed by atoms with Crippen molar-refractivity contribution < 1.29 is 19.1 Å². The van der Waals surface area contributed by atoms with Gasteiger partial charge in [-0.2, -0.15) is 0 Å². The molecule has 0 radical (unpaired) electrons. The number of carbonyl (C=O) groups is 2. The van der Waals surface area contributed by atoms with Crippen LogP contribution in [0.1, 0.15) is 73.6 Å². The van der Waals surface area contributed by atoms with Gasteiger partial charge in [-0.05, 0) is 31.5 Å². The summed E-state index contributed by atoms with van der Waals surface area (Å²) in [6.07, 6.45) is 4.74. The summed E-state index contributed by atoms with van der Waals surface area (Å²) in [5.74, 6) is -1.09. The first-order valence-electron chi connectivity index (χ1n) is 10.3. The molecule has 1 rings (SSSR count). The summed E-state index contributed by atoms with van der Waals surface area (Å²) in [6, 6.07) is -0.726. The molecular weight excluding hydrogens is 358 g/mol. The fourth-order valence-corrected chi connectivity index (χ4v) is 4.51. The molecule has 1 saturated heterocycles. The van der Waals surface area contributed by atoms with Crippen molar-refractivity contribution in [3.05, 3.63) is 11.3 Å².